The van der Waals surface area contributed by atoms with Crippen molar-refractivity contribution >= 4 is 36.1 Å². The Labute approximate surface area is 150 Å². The van der Waals surface area contributed by atoms with Gasteiger partial charge in [-0.2, -0.15) is 0 Å². The van der Waals surface area contributed by atoms with Crippen molar-refractivity contribution < 1.29 is 24.2 Å². The molecule has 2 rings (SSSR count). The van der Waals surface area contributed by atoms with Gasteiger partial charge in [-0.05, 0) is 29.8 Å². The maximum absolute atomic E-state index is 12.0. The van der Waals surface area contributed by atoms with Crippen molar-refractivity contribution in [1.82, 2.24) is 5.32 Å². The molecule has 2 aromatic carbocycles. The molecule has 0 aliphatic rings. The van der Waals surface area contributed by atoms with E-state index in [9.17, 15) is 14.4 Å². The summed E-state index contributed by atoms with van der Waals surface area (Å²) in [6.45, 7) is 0.214. The maximum atomic E-state index is 12.0. The number of para-hydroxylation sites is 1. The van der Waals surface area contributed by atoms with E-state index < -0.39 is 18.0 Å². The highest BCUT2D eigenvalue weighted by molar-refractivity contribution is 6.00. The Morgan fingerprint density at radius 2 is 1.68 bits per heavy atom. The highest BCUT2D eigenvalue weighted by Crippen LogP contribution is 2.15. The smallest absolute Gasteiger partial charge is 0.339 e. The van der Waals surface area contributed by atoms with E-state index in [0.717, 1.165) is 5.56 Å². The number of anilines is 1. The number of carbonyl (C=O) groups is 3. The summed E-state index contributed by atoms with van der Waals surface area (Å²) in [7, 11) is 1.26. The van der Waals surface area contributed by atoms with Gasteiger partial charge in [0.15, 0.2) is 0 Å². The van der Waals surface area contributed by atoms with Crippen LogP contribution in [0.5, 0.6) is 0 Å². The lowest BCUT2D eigenvalue weighted by molar-refractivity contribution is 0.0601. The van der Waals surface area contributed by atoms with Gasteiger partial charge in [-0.3, -0.25) is 0 Å². The average Bonchev–Trinajstić information content (AvgIpc) is 2.60. The van der Waals surface area contributed by atoms with Gasteiger partial charge in [-0.1, -0.05) is 24.3 Å². The number of rotatable bonds is 5. The molecule has 0 heterocycles. The molecule has 0 bridgehead atoms. The Morgan fingerprint density at radius 3 is 2.28 bits per heavy atom. The van der Waals surface area contributed by atoms with Crippen molar-refractivity contribution in [2.75, 3.05) is 12.4 Å². The second kappa shape index (κ2) is 9.29. The van der Waals surface area contributed by atoms with Crippen LogP contribution in [0.3, 0.4) is 0 Å². The number of aromatic carboxylic acids is 1. The van der Waals surface area contributed by atoms with Crippen LogP contribution in [-0.4, -0.2) is 30.2 Å². The number of hydrogen-bond acceptors (Lipinski definition) is 4. The molecular weight excluding hydrogens is 348 g/mol. The van der Waals surface area contributed by atoms with Crippen molar-refractivity contribution in [3.8, 4) is 0 Å². The number of halogens is 1. The molecule has 0 atom stereocenters. The number of amides is 2. The van der Waals surface area contributed by atoms with E-state index in [4.69, 9.17) is 5.11 Å². The average molecular weight is 365 g/mol. The fraction of sp³-hybridized carbons (Fsp3) is 0.118. The zero-order valence-corrected chi connectivity index (χ0v) is 14.1. The van der Waals surface area contributed by atoms with Gasteiger partial charge in [0.1, 0.15) is 0 Å². The first-order valence-corrected chi connectivity index (χ1v) is 7.05. The van der Waals surface area contributed by atoms with Gasteiger partial charge in [0.25, 0.3) is 0 Å². The molecule has 0 aromatic heterocycles. The third-order valence-corrected chi connectivity index (χ3v) is 3.23. The molecule has 0 unspecified atom stereocenters. The van der Waals surface area contributed by atoms with Crippen molar-refractivity contribution in [2.45, 2.75) is 6.54 Å². The molecule has 0 fully saturated rings. The summed E-state index contributed by atoms with van der Waals surface area (Å²) in [4.78, 5) is 34.4. The van der Waals surface area contributed by atoms with Gasteiger partial charge in [0.05, 0.1) is 23.9 Å². The fourth-order valence-electron chi connectivity index (χ4n) is 1.99. The van der Waals surface area contributed by atoms with Crippen LogP contribution in [0.15, 0.2) is 48.5 Å². The SMILES string of the molecule is COC(=O)c1ccccc1NC(=O)NCc1ccc(C(=O)O)cc1.Cl. The Balaban J connectivity index is 0.00000312. The summed E-state index contributed by atoms with van der Waals surface area (Å²) >= 11 is 0. The Bertz CT molecular complexity index is 762. The predicted molar refractivity (Wildman–Crippen MR) is 94.3 cm³/mol. The molecule has 0 aliphatic carbocycles. The first-order valence-electron chi connectivity index (χ1n) is 7.05. The van der Waals surface area contributed by atoms with Crippen molar-refractivity contribution in [3.05, 3.63) is 65.2 Å². The third-order valence-electron chi connectivity index (χ3n) is 3.23. The summed E-state index contributed by atoms with van der Waals surface area (Å²) < 4.78 is 4.66. The van der Waals surface area contributed by atoms with Crippen LogP contribution in [0.25, 0.3) is 0 Å². The first kappa shape index (κ1) is 20.0. The zero-order chi connectivity index (χ0) is 17.5. The first-order chi connectivity index (χ1) is 11.5. The molecule has 132 valence electrons. The minimum Gasteiger partial charge on any atom is -0.478 e. The minimum absolute atomic E-state index is 0. The largest absolute Gasteiger partial charge is 0.478 e. The quantitative estimate of drug-likeness (QED) is 0.707. The number of carboxylic acid groups (broad SMARTS) is 1. The highest BCUT2D eigenvalue weighted by Gasteiger charge is 2.13. The molecule has 0 saturated carbocycles. The van der Waals surface area contributed by atoms with Gasteiger partial charge >= 0.3 is 18.0 Å². The van der Waals surface area contributed by atoms with Crippen molar-refractivity contribution in [1.29, 1.82) is 0 Å². The summed E-state index contributed by atoms with van der Waals surface area (Å²) in [5.74, 6) is -1.55. The van der Waals surface area contributed by atoms with Gasteiger partial charge in [0, 0.05) is 6.54 Å². The third kappa shape index (κ3) is 5.50. The number of carboxylic acids is 1. The summed E-state index contributed by atoms with van der Waals surface area (Å²) in [6.07, 6.45) is 0. The lowest BCUT2D eigenvalue weighted by Crippen LogP contribution is -2.29. The molecular formula is C17H17ClN2O5. The van der Waals surface area contributed by atoms with E-state index in [0.29, 0.717) is 5.69 Å². The Kier molecular flexibility index (Phi) is 7.43. The van der Waals surface area contributed by atoms with Crippen molar-refractivity contribution in [2.24, 2.45) is 0 Å². The molecule has 2 aromatic rings. The van der Waals surface area contributed by atoms with Gasteiger partial charge in [-0.25, -0.2) is 14.4 Å². The number of methoxy groups -OCH3 is 1. The molecule has 0 radical (unpaired) electrons. The summed E-state index contributed by atoms with van der Waals surface area (Å²) in [5, 5.41) is 14.0. The van der Waals surface area contributed by atoms with Crippen LogP contribution in [-0.2, 0) is 11.3 Å². The number of esters is 1. The van der Waals surface area contributed by atoms with Crippen LogP contribution in [0.1, 0.15) is 26.3 Å². The van der Waals surface area contributed by atoms with E-state index in [2.05, 4.69) is 15.4 Å². The molecule has 3 N–H and O–H groups in total. The number of carbonyl (C=O) groups excluding carboxylic acids is 2. The van der Waals surface area contributed by atoms with Crippen LogP contribution in [0, 0.1) is 0 Å². The van der Waals surface area contributed by atoms with Crippen LogP contribution < -0.4 is 10.6 Å². The number of hydrogen-bond donors (Lipinski definition) is 3. The van der Waals surface area contributed by atoms with Gasteiger partial charge in [-0.15, -0.1) is 12.4 Å². The highest BCUT2D eigenvalue weighted by atomic mass is 35.5. The van der Waals surface area contributed by atoms with E-state index in [1.807, 2.05) is 0 Å². The molecule has 7 nitrogen and oxygen atoms in total. The normalized spacial score (nSPS) is 9.48. The maximum Gasteiger partial charge on any atom is 0.339 e. The molecule has 0 spiro atoms. The standard InChI is InChI=1S/C17H16N2O5.ClH/c1-24-16(22)13-4-2-3-5-14(13)19-17(23)18-10-11-6-8-12(9-7-11)15(20)21;/h2-9H,10H2,1H3,(H,20,21)(H2,18,19,23);1H. The second-order valence-electron chi connectivity index (χ2n) is 4.85. The van der Waals surface area contributed by atoms with E-state index >= 15 is 0 Å². The van der Waals surface area contributed by atoms with Crippen LogP contribution >= 0.6 is 12.4 Å². The van der Waals surface area contributed by atoms with Gasteiger partial charge in [0.2, 0.25) is 0 Å². The molecule has 0 saturated heterocycles. The number of nitrogens with one attached hydrogen (secondary N) is 2. The number of urea groups is 1. The molecule has 25 heavy (non-hydrogen) atoms. The number of ether oxygens (including phenoxy) is 1. The topological polar surface area (TPSA) is 105 Å². The summed E-state index contributed by atoms with van der Waals surface area (Å²) in [6, 6.07) is 12.2. The molecule has 8 heteroatoms. The Hall–Kier alpha value is -3.06. The Morgan fingerprint density at radius 1 is 1.04 bits per heavy atom. The van der Waals surface area contributed by atoms with E-state index in [-0.39, 0.29) is 30.1 Å². The summed E-state index contributed by atoms with van der Waals surface area (Å²) in [5.41, 5.74) is 1.51. The van der Waals surface area contributed by atoms with Crippen molar-refractivity contribution in [3.63, 3.8) is 0 Å². The second-order valence-corrected chi connectivity index (χ2v) is 4.85. The van der Waals surface area contributed by atoms with Crippen LogP contribution in [0.4, 0.5) is 10.5 Å². The van der Waals surface area contributed by atoms with Crippen LogP contribution in [0.2, 0.25) is 0 Å². The predicted octanol–water partition coefficient (Wildman–Crippen LogP) is 2.91. The lowest BCUT2D eigenvalue weighted by atomic mass is 10.1. The lowest BCUT2D eigenvalue weighted by Gasteiger charge is -2.11. The van der Waals surface area contributed by atoms with E-state index in [1.54, 1.807) is 36.4 Å². The molecule has 0 aliphatic heterocycles. The van der Waals surface area contributed by atoms with E-state index in [1.165, 1.54) is 19.2 Å². The minimum atomic E-state index is -1.01. The monoisotopic (exact) mass is 364 g/mol. The molecule has 2 amide bonds. The number of benzene rings is 2. The zero-order valence-electron chi connectivity index (χ0n) is 13.3. The van der Waals surface area contributed by atoms with Gasteiger partial charge < -0.3 is 20.5 Å². The fourth-order valence-corrected chi connectivity index (χ4v) is 1.99.